The molecule has 2 aromatic carbocycles. The summed E-state index contributed by atoms with van der Waals surface area (Å²) in [7, 11) is -3.15. The van der Waals surface area contributed by atoms with Gasteiger partial charge in [-0.3, -0.25) is 4.79 Å². The normalized spacial score (nSPS) is 17.2. The summed E-state index contributed by atoms with van der Waals surface area (Å²) < 4.78 is 30.6. The number of para-hydroxylation sites is 1. The quantitative estimate of drug-likeness (QED) is 0.414. The van der Waals surface area contributed by atoms with Crippen LogP contribution < -0.4 is 10.1 Å². The summed E-state index contributed by atoms with van der Waals surface area (Å²) in [5.41, 5.74) is 2.68. The molecule has 174 valence electrons. The largest absolute Gasteiger partial charge is 0.494 e. The minimum atomic E-state index is -3.15. The summed E-state index contributed by atoms with van der Waals surface area (Å²) in [6.45, 7) is 2.46. The van der Waals surface area contributed by atoms with Gasteiger partial charge in [0.15, 0.2) is 9.84 Å². The number of ether oxygens (including phenoxy) is 1. The number of nitrogens with zero attached hydrogens (tertiary/aromatic N) is 3. The number of nitrogens with one attached hydrogen (secondary N) is 1. The van der Waals surface area contributed by atoms with Crippen LogP contribution in [0.25, 0.3) is 23.0 Å². The van der Waals surface area contributed by atoms with E-state index in [0.717, 1.165) is 17.0 Å². The molecule has 1 saturated heterocycles. The minimum Gasteiger partial charge on any atom is -0.494 e. The number of carbonyl (C=O) groups is 1. The summed E-state index contributed by atoms with van der Waals surface area (Å²) in [6.07, 6.45) is 3.58. The number of amides is 1. The summed E-state index contributed by atoms with van der Waals surface area (Å²) in [4.78, 5) is 12.7. The van der Waals surface area contributed by atoms with Crippen LogP contribution in [0.1, 0.15) is 18.9 Å². The van der Waals surface area contributed by atoms with Crippen LogP contribution in [0.3, 0.4) is 0 Å². The van der Waals surface area contributed by atoms with Gasteiger partial charge < -0.3 is 10.1 Å². The molecule has 1 N–H and O–H groups in total. The number of hydrogen-bond donors (Lipinski definition) is 1. The molecular formula is C25H24N4O4S. The summed E-state index contributed by atoms with van der Waals surface area (Å²) in [5.74, 6) is 0.0555. The van der Waals surface area contributed by atoms with Crippen molar-refractivity contribution in [2.24, 2.45) is 0 Å². The summed E-state index contributed by atoms with van der Waals surface area (Å²) in [5, 5.41) is 17.1. The van der Waals surface area contributed by atoms with Gasteiger partial charge in [0.05, 0.1) is 29.5 Å². The molecule has 4 rings (SSSR count). The Morgan fingerprint density at radius 1 is 1.24 bits per heavy atom. The second-order valence-corrected chi connectivity index (χ2v) is 10.1. The van der Waals surface area contributed by atoms with Crippen LogP contribution in [-0.2, 0) is 14.6 Å². The van der Waals surface area contributed by atoms with E-state index in [0.29, 0.717) is 24.3 Å². The van der Waals surface area contributed by atoms with Crippen molar-refractivity contribution in [3.05, 3.63) is 71.9 Å². The number of aromatic nitrogens is 2. The van der Waals surface area contributed by atoms with Crippen molar-refractivity contribution in [1.29, 1.82) is 5.26 Å². The number of carbonyl (C=O) groups excluding carboxylic acids is 1. The summed E-state index contributed by atoms with van der Waals surface area (Å²) in [6, 6.07) is 18.4. The molecule has 0 saturated carbocycles. The average Bonchev–Trinajstić information content (AvgIpc) is 3.41. The maximum atomic E-state index is 12.7. The first-order valence-corrected chi connectivity index (χ1v) is 12.7. The lowest BCUT2D eigenvalue weighted by Crippen LogP contribution is -2.36. The molecule has 0 spiro atoms. The third-order valence-corrected chi connectivity index (χ3v) is 7.20. The highest BCUT2D eigenvalue weighted by Crippen LogP contribution is 2.27. The fourth-order valence-corrected chi connectivity index (χ4v) is 5.46. The van der Waals surface area contributed by atoms with E-state index < -0.39 is 21.8 Å². The van der Waals surface area contributed by atoms with Crippen molar-refractivity contribution in [2.45, 2.75) is 19.4 Å². The standard InChI is InChI=1S/C25H24N4O4S/c1-2-33-23-10-8-18(9-11-23)24-20(16-29(28-24)22-6-4-3-5-7-22)14-19(15-26)25(30)27-21-12-13-34(31,32)17-21/h3-11,14,16,21H,2,12-13,17H2,1H3,(H,27,30)/b19-14+. The highest BCUT2D eigenvalue weighted by molar-refractivity contribution is 7.91. The lowest BCUT2D eigenvalue weighted by atomic mass is 10.1. The second kappa shape index (κ2) is 9.93. The Labute approximate surface area is 198 Å². The van der Waals surface area contributed by atoms with E-state index >= 15 is 0 Å². The first-order chi connectivity index (χ1) is 16.4. The lowest BCUT2D eigenvalue weighted by Gasteiger charge is -2.10. The van der Waals surface area contributed by atoms with Gasteiger partial charge >= 0.3 is 0 Å². The van der Waals surface area contributed by atoms with E-state index in [1.54, 1.807) is 10.9 Å². The van der Waals surface area contributed by atoms with Crippen molar-refractivity contribution in [3.63, 3.8) is 0 Å². The molecular weight excluding hydrogens is 452 g/mol. The van der Waals surface area contributed by atoms with Crippen LogP contribution in [0.4, 0.5) is 0 Å². The second-order valence-electron chi connectivity index (χ2n) is 7.91. The summed E-state index contributed by atoms with van der Waals surface area (Å²) >= 11 is 0. The molecule has 8 nitrogen and oxygen atoms in total. The zero-order valence-electron chi connectivity index (χ0n) is 18.6. The molecule has 2 heterocycles. The molecule has 9 heteroatoms. The van der Waals surface area contributed by atoms with E-state index in [2.05, 4.69) is 5.32 Å². The smallest absolute Gasteiger partial charge is 0.262 e. The Bertz CT molecular complexity index is 1350. The van der Waals surface area contributed by atoms with Gasteiger partial charge in [-0.15, -0.1) is 0 Å². The highest BCUT2D eigenvalue weighted by atomic mass is 32.2. The monoisotopic (exact) mass is 476 g/mol. The van der Waals surface area contributed by atoms with Gasteiger partial charge in [0, 0.05) is 23.4 Å². The number of rotatable bonds is 7. The maximum absolute atomic E-state index is 12.7. The first-order valence-electron chi connectivity index (χ1n) is 10.9. The average molecular weight is 477 g/mol. The maximum Gasteiger partial charge on any atom is 0.262 e. The Balaban J connectivity index is 1.69. The Kier molecular flexibility index (Phi) is 6.80. The predicted octanol–water partition coefficient (Wildman–Crippen LogP) is 3.15. The van der Waals surface area contributed by atoms with E-state index in [4.69, 9.17) is 9.84 Å². The molecule has 1 aromatic heterocycles. The molecule has 1 unspecified atom stereocenters. The van der Waals surface area contributed by atoms with Gasteiger partial charge in [-0.25, -0.2) is 13.1 Å². The Hall–Kier alpha value is -3.90. The van der Waals surface area contributed by atoms with E-state index in [9.17, 15) is 18.5 Å². The van der Waals surface area contributed by atoms with Crippen LogP contribution in [0, 0.1) is 11.3 Å². The molecule has 0 radical (unpaired) electrons. The number of hydrogen-bond acceptors (Lipinski definition) is 6. The van der Waals surface area contributed by atoms with E-state index in [-0.39, 0.29) is 17.1 Å². The number of sulfone groups is 1. The fourth-order valence-electron chi connectivity index (χ4n) is 3.78. The van der Waals surface area contributed by atoms with Crippen LogP contribution >= 0.6 is 0 Å². The van der Waals surface area contributed by atoms with Crippen LogP contribution in [0.5, 0.6) is 5.75 Å². The molecule has 0 aliphatic carbocycles. The zero-order chi connectivity index (χ0) is 24.1. The van der Waals surface area contributed by atoms with Gasteiger partial charge in [0.1, 0.15) is 17.4 Å². The molecule has 1 aliphatic rings. The molecule has 1 atom stereocenters. The van der Waals surface area contributed by atoms with Crippen molar-refractivity contribution in [1.82, 2.24) is 15.1 Å². The van der Waals surface area contributed by atoms with Gasteiger partial charge in [-0.1, -0.05) is 18.2 Å². The van der Waals surface area contributed by atoms with Crippen LogP contribution in [-0.4, -0.2) is 48.3 Å². The van der Waals surface area contributed by atoms with Crippen molar-refractivity contribution >= 4 is 21.8 Å². The highest BCUT2D eigenvalue weighted by Gasteiger charge is 2.29. The molecule has 1 aliphatic heterocycles. The van der Waals surface area contributed by atoms with Crippen molar-refractivity contribution in [2.75, 3.05) is 18.1 Å². The predicted molar refractivity (Wildman–Crippen MR) is 129 cm³/mol. The lowest BCUT2D eigenvalue weighted by molar-refractivity contribution is -0.117. The van der Waals surface area contributed by atoms with Crippen LogP contribution in [0.15, 0.2) is 66.4 Å². The zero-order valence-corrected chi connectivity index (χ0v) is 19.5. The van der Waals surface area contributed by atoms with E-state index in [1.807, 2.05) is 67.6 Å². The third kappa shape index (κ3) is 5.35. The van der Waals surface area contributed by atoms with Gasteiger partial charge in [0.25, 0.3) is 5.91 Å². The van der Waals surface area contributed by atoms with Crippen LogP contribution in [0.2, 0.25) is 0 Å². The molecule has 1 amide bonds. The van der Waals surface area contributed by atoms with Gasteiger partial charge in [0.2, 0.25) is 0 Å². The van der Waals surface area contributed by atoms with Crippen molar-refractivity contribution in [3.8, 4) is 28.8 Å². The third-order valence-electron chi connectivity index (χ3n) is 5.43. The Morgan fingerprint density at radius 2 is 1.97 bits per heavy atom. The topological polar surface area (TPSA) is 114 Å². The molecule has 34 heavy (non-hydrogen) atoms. The number of benzene rings is 2. The van der Waals surface area contributed by atoms with Crippen molar-refractivity contribution < 1.29 is 17.9 Å². The SMILES string of the molecule is CCOc1ccc(-c2nn(-c3ccccc3)cc2/C=C(\C#N)C(=O)NC2CCS(=O)(=O)C2)cc1. The minimum absolute atomic E-state index is 0.0370. The Morgan fingerprint density at radius 3 is 2.59 bits per heavy atom. The molecule has 3 aromatic rings. The van der Waals surface area contributed by atoms with Gasteiger partial charge in [-0.2, -0.15) is 10.4 Å². The number of nitriles is 1. The van der Waals surface area contributed by atoms with Gasteiger partial charge in [-0.05, 0) is 55.8 Å². The fraction of sp³-hybridized carbons (Fsp3) is 0.240. The molecule has 1 fully saturated rings. The molecule has 0 bridgehead atoms. The van der Waals surface area contributed by atoms with E-state index in [1.165, 1.54) is 6.08 Å². The first kappa shape index (κ1) is 23.3.